The van der Waals surface area contributed by atoms with Gasteiger partial charge >= 0.3 is 23.5 Å². The number of imidazole rings is 1. The third-order valence-corrected chi connectivity index (χ3v) is 8.25. The number of aromatic nitrogens is 5. The molecule has 4 aromatic rings. The topological polar surface area (TPSA) is 223 Å². The number of nitrogen functional groups attached to an aromatic ring is 1. The maximum absolute atomic E-state index is 14.9. The second-order valence-electron chi connectivity index (χ2n) is 9.09. The van der Waals surface area contributed by atoms with E-state index in [0.29, 0.717) is 14.8 Å². The quantitative estimate of drug-likeness (QED) is 0.115. The van der Waals surface area contributed by atoms with Crippen molar-refractivity contribution in [2.45, 2.75) is 36.9 Å². The number of nitrogens with one attached hydrogen (secondary N) is 2. The smallest absolute Gasteiger partial charge is 0.434 e. The highest BCUT2D eigenvalue weighted by Gasteiger charge is 2.60. The zero-order valence-electron chi connectivity index (χ0n) is 21.1. The van der Waals surface area contributed by atoms with Gasteiger partial charge in [0.15, 0.2) is 12.1 Å². The van der Waals surface area contributed by atoms with Crippen molar-refractivity contribution in [3.05, 3.63) is 66.4 Å². The SMILES string of the molecule is Nc1ccn([C@@H]2O[C@H](COC(=O)[C@H](Cn3ccnc3[N+](=O)[O-])NC(=O)c3cc4sc(Cl)c(Cl)c4[nH]3)[C@@H](O)C2(F)F)c(=O)n1. The Hall–Kier alpha value is -4.17. The zero-order chi connectivity index (χ0) is 31.2. The minimum Gasteiger partial charge on any atom is -0.461 e. The van der Waals surface area contributed by atoms with Gasteiger partial charge in [0.2, 0.25) is 6.23 Å². The van der Waals surface area contributed by atoms with E-state index in [0.717, 1.165) is 34.4 Å². The number of aromatic amines is 1. The highest BCUT2D eigenvalue weighted by molar-refractivity contribution is 7.23. The molecule has 21 heteroatoms. The summed E-state index contributed by atoms with van der Waals surface area (Å²) in [4.78, 5) is 58.4. The third kappa shape index (κ3) is 5.76. The fraction of sp³-hybridized carbons (Fsp3) is 0.318. The lowest BCUT2D eigenvalue weighted by atomic mass is 10.1. The normalized spacial score (nSPS) is 20.3. The Kier molecular flexibility index (Phi) is 8.09. The summed E-state index contributed by atoms with van der Waals surface area (Å²) in [6.07, 6.45) is -3.50. The van der Waals surface area contributed by atoms with Gasteiger partial charge in [-0.2, -0.15) is 13.8 Å². The fourth-order valence-corrected chi connectivity index (χ4v) is 5.73. The molecule has 0 unspecified atom stereocenters. The highest BCUT2D eigenvalue weighted by atomic mass is 35.5. The van der Waals surface area contributed by atoms with Gasteiger partial charge in [-0.15, -0.1) is 11.3 Å². The number of anilines is 1. The number of amides is 1. The highest BCUT2D eigenvalue weighted by Crippen LogP contribution is 2.42. The number of halogens is 4. The fourth-order valence-electron chi connectivity index (χ4n) is 4.24. The van der Waals surface area contributed by atoms with Crippen LogP contribution in [0, 0.1) is 10.1 Å². The van der Waals surface area contributed by atoms with Gasteiger partial charge in [0.25, 0.3) is 5.91 Å². The summed E-state index contributed by atoms with van der Waals surface area (Å²) in [5, 5.41) is 24.1. The molecule has 5 N–H and O–H groups in total. The summed E-state index contributed by atoms with van der Waals surface area (Å²) >= 11 is 13.2. The number of H-pyrrole nitrogens is 1. The first-order valence-corrected chi connectivity index (χ1v) is 13.5. The Balaban J connectivity index is 1.34. The summed E-state index contributed by atoms with van der Waals surface area (Å²) in [7, 11) is 0. The lowest BCUT2D eigenvalue weighted by molar-refractivity contribution is -0.396. The lowest BCUT2D eigenvalue weighted by Crippen LogP contribution is -2.46. The molecule has 4 atom stereocenters. The number of nitro groups is 1. The maximum Gasteiger partial charge on any atom is 0.434 e. The molecular formula is C22H18Cl2F2N8O8S. The molecule has 1 saturated heterocycles. The van der Waals surface area contributed by atoms with Crippen LogP contribution in [0.1, 0.15) is 16.7 Å². The standard InChI is InChI=1S/C22H18Cl2F2N8O8S/c23-13-14-11(43-16(13)24)5-8(29-14)17(36)30-9(6-32-4-2-28-20(32)34(39)40)18(37)41-7-10-15(35)22(25,26)19(42-10)33-3-1-12(27)31-21(33)38/h1-5,9-10,15,19,29,35H,6-7H2,(H,30,36)(H2,27,31,38)/t9-,10+,15+,19+/m0/s1. The van der Waals surface area contributed by atoms with E-state index in [-0.39, 0.29) is 20.9 Å². The minimum absolute atomic E-state index is 0.0441. The Morgan fingerprint density at radius 2 is 2.14 bits per heavy atom. The molecule has 0 bridgehead atoms. The number of thiophene rings is 1. The van der Waals surface area contributed by atoms with Gasteiger partial charge in [0.1, 0.15) is 47.5 Å². The van der Waals surface area contributed by atoms with Crippen LogP contribution >= 0.6 is 34.5 Å². The van der Waals surface area contributed by atoms with E-state index < -0.39 is 72.0 Å². The van der Waals surface area contributed by atoms with Crippen molar-refractivity contribution in [2.24, 2.45) is 0 Å². The van der Waals surface area contributed by atoms with Crippen LogP contribution in [0.25, 0.3) is 10.2 Å². The Morgan fingerprint density at radius 1 is 1.40 bits per heavy atom. The van der Waals surface area contributed by atoms with Crippen molar-refractivity contribution in [1.82, 2.24) is 29.4 Å². The molecule has 0 aliphatic carbocycles. The van der Waals surface area contributed by atoms with Gasteiger partial charge in [-0.3, -0.25) is 9.36 Å². The van der Waals surface area contributed by atoms with E-state index in [1.165, 1.54) is 12.3 Å². The van der Waals surface area contributed by atoms with Crippen molar-refractivity contribution in [1.29, 1.82) is 0 Å². The molecule has 0 saturated carbocycles. The number of aliphatic hydroxyl groups excluding tert-OH is 1. The van der Waals surface area contributed by atoms with Gasteiger partial charge in [-0.25, -0.2) is 14.2 Å². The largest absolute Gasteiger partial charge is 0.461 e. The Bertz CT molecular complexity index is 1790. The first-order valence-electron chi connectivity index (χ1n) is 11.9. The van der Waals surface area contributed by atoms with Crippen LogP contribution in [0.2, 0.25) is 9.36 Å². The number of carbonyl (C=O) groups excluding carboxylic acids is 2. The summed E-state index contributed by atoms with van der Waals surface area (Å²) < 4.78 is 42.2. The van der Waals surface area contributed by atoms with Gasteiger partial charge in [-0.1, -0.05) is 28.2 Å². The van der Waals surface area contributed by atoms with Crippen molar-refractivity contribution in [3.63, 3.8) is 0 Å². The van der Waals surface area contributed by atoms with Crippen LogP contribution in [0.15, 0.2) is 35.5 Å². The van der Waals surface area contributed by atoms with E-state index in [1.54, 1.807) is 0 Å². The minimum atomic E-state index is -4.02. The van der Waals surface area contributed by atoms with Gasteiger partial charge < -0.3 is 40.7 Å². The van der Waals surface area contributed by atoms with E-state index >= 15 is 0 Å². The third-order valence-electron chi connectivity index (χ3n) is 6.32. The van der Waals surface area contributed by atoms with Crippen LogP contribution in [0.4, 0.5) is 20.5 Å². The monoisotopic (exact) mass is 662 g/mol. The van der Waals surface area contributed by atoms with Gasteiger partial charge in [-0.05, 0) is 17.1 Å². The second-order valence-corrected chi connectivity index (χ2v) is 11.1. The van der Waals surface area contributed by atoms with Gasteiger partial charge in [0, 0.05) is 6.20 Å². The van der Waals surface area contributed by atoms with Crippen LogP contribution in [-0.4, -0.2) is 76.8 Å². The van der Waals surface area contributed by atoms with E-state index in [1.807, 2.05) is 0 Å². The number of esters is 1. The first kappa shape index (κ1) is 30.3. The zero-order valence-corrected chi connectivity index (χ0v) is 23.5. The van der Waals surface area contributed by atoms with E-state index in [4.69, 9.17) is 38.4 Å². The summed E-state index contributed by atoms with van der Waals surface area (Å²) in [5.74, 6) is -6.98. The second kappa shape index (κ2) is 11.5. The Morgan fingerprint density at radius 3 is 2.81 bits per heavy atom. The molecule has 0 aromatic carbocycles. The average Bonchev–Trinajstić information content (AvgIpc) is 3.69. The molecule has 0 radical (unpaired) electrons. The summed E-state index contributed by atoms with van der Waals surface area (Å²) in [5.41, 5.74) is 4.53. The number of aliphatic hydroxyl groups is 1. The van der Waals surface area contributed by atoms with Gasteiger partial charge in [0.05, 0.1) is 15.2 Å². The van der Waals surface area contributed by atoms with Crippen LogP contribution in [0.3, 0.4) is 0 Å². The van der Waals surface area contributed by atoms with E-state index in [2.05, 4.69) is 20.3 Å². The summed E-state index contributed by atoms with van der Waals surface area (Å²) in [6, 6.07) is 0.854. The predicted octanol–water partition coefficient (Wildman–Crippen LogP) is 1.72. The van der Waals surface area contributed by atoms with Crippen molar-refractivity contribution in [2.75, 3.05) is 12.3 Å². The molecule has 1 aliphatic heterocycles. The number of carbonyl (C=O) groups is 2. The number of hydrogen-bond acceptors (Lipinski definition) is 12. The molecule has 1 aliphatic rings. The molecule has 0 spiro atoms. The lowest BCUT2D eigenvalue weighted by Gasteiger charge is -2.20. The van der Waals surface area contributed by atoms with Crippen molar-refractivity contribution in [3.8, 4) is 0 Å². The van der Waals surface area contributed by atoms with Crippen molar-refractivity contribution < 1.29 is 37.9 Å². The van der Waals surface area contributed by atoms with Crippen LogP contribution < -0.4 is 16.7 Å². The Labute approximate surface area is 251 Å². The molecule has 43 heavy (non-hydrogen) atoms. The van der Waals surface area contributed by atoms with E-state index in [9.17, 15) is 38.4 Å². The molecule has 1 fully saturated rings. The molecule has 1 amide bonds. The number of nitrogens with zero attached hydrogens (tertiary/aromatic N) is 5. The number of fused-ring (bicyclic) bond motifs is 1. The van der Waals surface area contributed by atoms with Crippen molar-refractivity contribution >= 4 is 68.4 Å². The average molecular weight is 663 g/mol. The number of ether oxygens (including phenoxy) is 2. The maximum atomic E-state index is 14.9. The number of hydrogen-bond donors (Lipinski definition) is 4. The molecule has 5 rings (SSSR count). The molecule has 228 valence electrons. The number of rotatable bonds is 9. The van der Waals surface area contributed by atoms with Crippen LogP contribution in [0.5, 0.6) is 0 Å². The number of nitrogens with two attached hydrogens (primary N) is 1. The van der Waals surface area contributed by atoms with Crippen LogP contribution in [-0.2, 0) is 20.8 Å². The molecule has 5 heterocycles. The molecular weight excluding hydrogens is 645 g/mol. The molecule has 16 nitrogen and oxygen atoms in total. The first-order chi connectivity index (χ1) is 20.3. The number of alkyl halides is 2. The predicted molar refractivity (Wildman–Crippen MR) is 145 cm³/mol. The molecule has 4 aromatic heterocycles. The summed E-state index contributed by atoms with van der Waals surface area (Å²) in [6.45, 7) is -1.50.